The van der Waals surface area contributed by atoms with Crippen LogP contribution >= 0.6 is 0 Å². The molecule has 92 valence electrons. The van der Waals surface area contributed by atoms with Crippen LogP contribution in [0.5, 0.6) is 0 Å². The molecule has 0 radical (unpaired) electrons. The van der Waals surface area contributed by atoms with Crippen molar-refractivity contribution in [2.75, 3.05) is 7.11 Å². The fourth-order valence-electron chi connectivity index (χ4n) is 2.38. The van der Waals surface area contributed by atoms with E-state index in [1.54, 1.807) is 7.11 Å². The molecule has 1 aliphatic carbocycles. The average molecular weight is 234 g/mol. The molecule has 1 N–H and O–H groups in total. The zero-order chi connectivity index (χ0) is 12.5. The predicted molar refractivity (Wildman–Crippen MR) is 65.0 cm³/mol. The molecule has 1 fully saturated rings. The van der Waals surface area contributed by atoms with Crippen molar-refractivity contribution in [1.82, 2.24) is 0 Å². The molecule has 0 aromatic heterocycles. The molecule has 1 aliphatic rings. The van der Waals surface area contributed by atoms with E-state index in [1.165, 1.54) is 0 Å². The second kappa shape index (κ2) is 4.49. The van der Waals surface area contributed by atoms with E-state index >= 15 is 0 Å². The van der Waals surface area contributed by atoms with E-state index in [2.05, 4.69) is 0 Å². The Morgan fingerprint density at radius 2 is 2.18 bits per heavy atom. The van der Waals surface area contributed by atoms with Gasteiger partial charge >= 0.3 is 5.97 Å². The Bertz CT molecular complexity index is 421. The van der Waals surface area contributed by atoms with E-state index in [0.717, 1.165) is 30.4 Å². The van der Waals surface area contributed by atoms with Crippen LogP contribution < -0.4 is 0 Å². The van der Waals surface area contributed by atoms with Crippen LogP contribution in [0.15, 0.2) is 24.3 Å². The van der Waals surface area contributed by atoms with Crippen molar-refractivity contribution >= 4 is 5.97 Å². The Balaban J connectivity index is 2.36. The fraction of sp³-hybridized carbons (Fsp3) is 0.500. The van der Waals surface area contributed by atoms with Crippen LogP contribution in [-0.2, 0) is 14.9 Å². The van der Waals surface area contributed by atoms with Crippen molar-refractivity contribution in [2.24, 2.45) is 0 Å². The van der Waals surface area contributed by atoms with Gasteiger partial charge in [0.15, 0.2) is 0 Å². The summed E-state index contributed by atoms with van der Waals surface area (Å²) in [6.45, 7) is 1.97. The van der Waals surface area contributed by atoms with Crippen LogP contribution in [0.3, 0.4) is 0 Å². The third kappa shape index (κ3) is 1.95. The van der Waals surface area contributed by atoms with Gasteiger partial charge in [0, 0.05) is 7.11 Å². The summed E-state index contributed by atoms with van der Waals surface area (Å²) in [7, 11) is 1.66. The first-order valence-electron chi connectivity index (χ1n) is 5.97. The molecule has 17 heavy (non-hydrogen) atoms. The highest BCUT2D eigenvalue weighted by Gasteiger charge is 2.45. The normalized spacial score (nSPS) is 19.4. The molecule has 0 spiro atoms. The van der Waals surface area contributed by atoms with Crippen LogP contribution in [0.25, 0.3) is 0 Å². The third-order valence-electron chi connectivity index (χ3n) is 3.88. The van der Waals surface area contributed by atoms with Crippen LogP contribution in [0.4, 0.5) is 0 Å². The summed E-state index contributed by atoms with van der Waals surface area (Å²) in [6.07, 6.45) is 2.48. The number of ether oxygens (including phenoxy) is 1. The van der Waals surface area contributed by atoms with Gasteiger partial charge in [0.25, 0.3) is 0 Å². The number of methoxy groups -OCH3 is 1. The van der Waals surface area contributed by atoms with Crippen molar-refractivity contribution in [2.45, 2.75) is 37.7 Å². The molecule has 1 aromatic carbocycles. The molecule has 3 nitrogen and oxygen atoms in total. The summed E-state index contributed by atoms with van der Waals surface area (Å²) in [5, 5.41) is 9.39. The monoisotopic (exact) mass is 234 g/mol. The smallest absolute Gasteiger partial charge is 0.314 e. The summed E-state index contributed by atoms with van der Waals surface area (Å²) in [4.78, 5) is 11.4. The van der Waals surface area contributed by atoms with Gasteiger partial charge in [0.05, 0.1) is 11.5 Å². The number of benzene rings is 1. The van der Waals surface area contributed by atoms with E-state index in [0.29, 0.717) is 0 Å². The molecule has 0 heterocycles. The molecule has 3 heteroatoms. The van der Waals surface area contributed by atoms with E-state index in [1.807, 2.05) is 31.2 Å². The highest BCUT2D eigenvalue weighted by molar-refractivity contribution is 5.82. The van der Waals surface area contributed by atoms with E-state index in [-0.39, 0.29) is 6.10 Å². The molecule has 0 aliphatic heterocycles. The SMILES string of the molecule is COC(C)c1cccc(C2(C(=O)O)CCC2)c1. The molecular weight excluding hydrogens is 216 g/mol. The lowest BCUT2D eigenvalue weighted by Gasteiger charge is -2.38. The van der Waals surface area contributed by atoms with Gasteiger partial charge in [0.2, 0.25) is 0 Å². The van der Waals surface area contributed by atoms with E-state index in [4.69, 9.17) is 4.74 Å². The maximum absolute atomic E-state index is 11.4. The van der Waals surface area contributed by atoms with Gasteiger partial charge in [-0.1, -0.05) is 30.7 Å². The first-order valence-corrected chi connectivity index (χ1v) is 5.97. The molecule has 0 amide bonds. The van der Waals surface area contributed by atoms with Gasteiger partial charge in [0.1, 0.15) is 0 Å². The minimum absolute atomic E-state index is 0.000807. The zero-order valence-corrected chi connectivity index (χ0v) is 10.3. The third-order valence-corrected chi connectivity index (χ3v) is 3.88. The van der Waals surface area contributed by atoms with Gasteiger partial charge in [-0.3, -0.25) is 4.79 Å². The summed E-state index contributed by atoms with van der Waals surface area (Å²) >= 11 is 0. The molecule has 1 saturated carbocycles. The van der Waals surface area contributed by atoms with E-state index in [9.17, 15) is 9.90 Å². The number of carboxylic acid groups (broad SMARTS) is 1. The molecule has 1 atom stereocenters. The summed E-state index contributed by atoms with van der Waals surface area (Å²) in [6, 6.07) is 7.79. The Morgan fingerprint density at radius 3 is 2.65 bits per heavy atom. The predicted octanol–water partition coefficient (Wildman–Crippen LogP) is 2.90. The van der Waals surface area contributed by atoms with Crippen LogP contribution in [0, 0.1) is 0 Å². The lowest BCUT2D eigenvalue weighted by molar-refractivity contribution is -0.147. The van der Waals surface area contributed by atoms with Crippen molar-refractivity contribution in [3.8, 4) is 0 Å². The van der Waals surface area contributed by atoms with Gasteiger partial charge < -0.3 is 9.84 Å². The second-order valence-electron chi connectivity index (χ2n) is 4.74. The van der Waals surface area contributed by atoms with Gasteiger partial charge in [-0.25, -0.2) is 0 Å². The maximum Gasteiger partial charge on any atom is 0.314 e. The van der Waals surface area contributed by atoms with Crippen molar-refractivity contribution in [3.63, 3.8) is 0 Å². The van der Waals surface area contributed by atoms with Gasteiger partial charge in [-0.2, -0.15) is 0 Å². The van der Waals surface area contributed by atoms with Gasteiger partial charge in [-0.05, 0) is 30.9 Å². The van der Waals surface area contributed by atoms with E-state index < -0.39 is 11.4 Å². The summed E-state index contributed by atoms with van der Waals surface area (Å²) in [5.74, 6) is -0.703. The molecule has 1 unspecified atom stereocenters. The number of aliphatic carboxylic acids is 1. The molecule has 0 bridgehead atoms. The Labute approximate surface area is 101 Å². The maximum atomic E-state index is 11.4. The number of hydrogen-bond donors (Lipinski definition) is 1. The van der Waals surface area contributed by atoms with Crippen molar-refractivity contribution in [1.29, 1.82) is 0 Å². The zero-order valence-electron chi connectivity index (χ0n) is 10.3. The van der Waals surface area contributed by atoms with Crippen molar-refractivity contribution in [3.05, 3.63) is 35.4 Å². The highest BCUT2D eigenvalue weighted by Crippen LogP contribution is 2.44. The first-order chi connectivity index (χ1) is 8.10. The molecule has 2 rings (SSSR count). The fourth-order valence-corrected chi connectivity index (χ4v) is 2.38. The second-order valence-corrected chi connectivity index (χ2v) is 4.74. The van der Waals surface area contributed by atoms with Crippen LogP contribution in [-0.4, -0.2) is 18.2 Å². The standard InChI is InChI=1S/C14H18O3/c1-10(17-2)11-5-3-6-12(9-11)14(13(15)16)7-4-8-14/h3,5-6,9-10H,4,7-8H2,1-2H3,(H,15,16). The summed E-state index contributed by atoms with van der Waals surface area (Å²) < 4.78 is 5.27. The molecule has 0 saturated heterocycles. The topological polar surface area (TPSA) is 46.5 Å². The summed E-state index contributed by atoms with van der Waals surface area (Å²) in [5.41, 5.74) is 1.30. The lowest BCUT2D eigenvalue weighted by Crippen LogP contribution is -2.42. The number of carbonyl (C=O) groups is 1. The van der Waals surface area contributed by atoms with Crippen molar-refractivity contribution < 1.29 is 14.6 Å². The Hall–Kier alpha value is -1.35. The minimum Gasteiger partial charge on any atom is -0.481 e. The molecular formula is C14H18O3. The van der Waals surface area contributed by atoms with Gasteiger partial charge in [-0.15, -0.1) is 0 Å². The average Bonchev–Trinajstić information content (AvgIpc) is 2.26. The Kier molecular flexibility index (Phi) is 3.20. The largest absolute Gasteiger partial charge is 0.481 e. The van der Waals surface area contributed by atoms with Crippen LogP contribution in [0.2, 0.25) is 0 Å². The van der Waals surface area contributed by atoms with Crippen LogP contribution in [0.1, 0.15) is 43.4 Å². The molecule has 1 aromatic rings. The first kappa shape index (κ1) is 12.1. The number of hydrogen-bond acceptors (Lipinski definition) is 2. The number of carboxylic acids is 1. The minimum atomic E-state index is -0.703. The Morgan fingerprint density at radius 1 is 1.47 bits per heavy atom. The highest BCUT2D eigenvalue weighted by atomic mass is 16.5. The number of rotatable bonds is 4. The lowest BCUT2D eigenvalue weighted by atomic mass is 9.64. The quantitative estimate of drug-likeness (QED) is 0.871.